The van der Waals surface area contributed by atoms with Crippen molar-refractivity contribution in [3.63, 3.8) is 0 Å². The molecule has 1 aliphatic rings. The molecule has 1 saturated heterocycles. The van der Waals surface area contributed by atoms with E-state index >= 15 is 0 Å². The number of hydrogen-bond acceptors (Lipinski definition) is 6. The lowest BCUT2D eigenvalue weighted by Gasteiger charge is -2.39. The normalized spacial score (nSPS) is 14.2. The minimum absolute atomic E-state index is 0.118. The molecule has 0 aliphatic carbocycles. The second-order valence-electron chi connectivity index (χ2n) is 11.1. The number of halogens is 1. The van der Waals surface area contributed by atoms with Crippen molar-refractivity contribution in [1.29, 1.82) is 0 Å². The lowest BCUT2D eigenvalue weighted by molar-refractivity contribution is -0.133. The minimum Gasteiger partial charge on any atom is -0.366 e. The fourth-order valence-corrected chi connectivity index (χ4v) is 5.48. The van der Waals surface area contributed by atoms with Crippen molar-refractivity contribution in [2.75, 3.05) is 42.6 Å². The summed E-state index contributed by atoms with van der Waals surface area (Å²) in [5, 5.41) is 7.26. The van der Waals surface area contributed by atoms with Crippen LogP contribution in [0.2, 0.25) is 5.02 Å². The van der Waals surface area contributed by atoms with Crippen LogP contribution < -0.4 is 21.1 Å². The predicted molar refractivity (Wildman–Crippen MR) is 170 cm³/mol. The summed E-state index contributed by atoms with van der Waals surface area (Å²) in [6, 6.07) is 24.2. The second-order valence-corrected chi connectivity index (χ2v) is 11.6. The molecule has 1 atom stereocenters. The SMILES string of the molecule is CC(C)CN(N)c1ccccc1N1CCN(C(=O)C(Cc2ccc(Cl)cc2)NC(=O)c2cc3ccccc3cn2)CC1. The molecule has 0 bridgehead atoms. The Balaban J connectivity index is 1.31. The van der Waals surface area contributed by atoms with Crippen molar-refractivity contribution < 1.29 is 9.59 Å². The smallest absolute Gasteiger partial charge is 0.270 e. The molecule has 8 nitrogen and oxygen atoms in total. The van der Waals surface area contributed by atoms with Crippen LogP contribution in [0.25, 0.3) is 10.8 Å². The minimum atomic E-state index is -0.753. The number of hydrogen-bond donors (Lipinski definition) is 2. The molecule has 0 saturated carbocycles. The van der Waals surface area contributed by atoms with E-state index in [1.165, 1.54) is 0 Å². The van der Waals surface area contributed by atoms with Gasteiger partial charge in [-0.05, 0) is 47.2 Å². The third-order valence-electron chi connectivity index (χ3n) is 7.51. The van der Waals surface area contributed by atoms with E-state index in [9.17, 15) is 9.59 Å². The molecule has 0 radical (unpaired) electrons. The summed E-state index contributed by atoms with van der Waals surface area (Å²) in [5.41, 5.74) is 3.21. The summed E-state index contributed by atoms with van der Waals surface area (Å²) >= 11 is 6.10. The lowest BCUT2D eigenvalue weighted by atomic mass is 10.0. The first-order valence-corrected chi connectivity index (χ1v) is 14.7. The summed E-state index contributed by atoms with van der Waals surface area (Å²) in [6.45, 7) is 7.41. The standard InChI is InChI=1S/C33H37ClN6O2/c1-23(2)22-40(35)31-10-6-5-9-30(31)38-15-17-39(18-16-38)33(42)29(19-24-11-13-27(34)14-12-24)37-32(41)28-20-25-7-3-4-8-26(25)21-36-28/h3-14,20-21,23,29H,15-19,22,35H2,1-2H3,(H,37,41). The molecule has 3 aromatic carbocycles. The molecule has 42 heavy (non-hydrogen) atoms. The molecule has 218 valence electrons. The predicted octanol–water partition coefficient (Wildman–Crippen LogP) is 4.91. The van der Waals surface area contributed by atoms with Crippen LogP contribution in [0, 0.1) is 5.92 Å². The summed E-state index contributed by atoms with van der Waals surface area (Å²) < 4.78 is 0. The number of hydrazine groups is 1. The first-order chi connectivity index (χ1) is 20.3. The van der Waals surface area contributed by atoms with E-state index in [0.29, 0.717) is 43.5 Å². The van der Waals surface area contributed by atoms with Gasteiger partial charge < -0.3 is 20.1 Å². The van der Waals surface area contributed by atoms with E-state index < -0.39 is 6.04 Å². The molecule has 1 aromatic heterocycles. The highest BCUT2D eigenvalue weighted by Gasteiger charge is 2.30. The number of rotatable bonds is 9. The Morgan fingerprint density at radius 2 is 1.62 bits per heavy atom. The average molecular weight is 585 g/mol. The highest BCUT2D eigenvalue weighted by molar-refractivity contribution is 6.30. The van der Waals surface area contributed by atoms with Gasteiger partial charge in [-0.25, -0.2) is 5.84 Å². The number of anilines is 2. The van der Waals surface area contributed by atoms with Crippen molar-refractivity contribution in [3.8, 4) is 0 Å². The zero-order chi connectivity index (χ0) is 29.6. The van der Waals surface area contributed by atoms with E-state index in [-0.39, 0.29) is 17.5 Å². The van der Waals surface area contributed by atoms with E-state index in [1.807, 2.05) is 59.5 Å². The second kappa shape index (κ2) is 13.2. The number of carbonyl (C=O) groups excluding carboxylic acids is 2. The highest BCUT2D eigenvalue weighted by atomic mass is 35.5. The topological polar surface area (TPSA) is 94.8 Å². The number of aromatic nitrogens is 1. The van der Waals surface area contributed by atoms with Gasteiger partial charge in [-0.2, -0.15) is 0 Å². The van der Waals surface area contributed by atoms with Gasteiger partial charge in [-0.3, -0.25) is 14.6 Å². The van der Waals surface area contributed by atoms with Gasteiger partial charge >= 0.3 is 0 Å². The zero-order valence-corrected chi connectivity index (χ0v) is 24.8. The number of piperazine rings is 1. The van der Waals surface area contributed by atoms with Crippen LogP contribution in [0.3, 0.4) is 0 Å². The van der Waals surface area contributed by atoms with Gasteiger partial charge in [0.1, 0.15) is 11.7 Å². The van der Waals surface area contributed by atoms with Crippen LogP contribution >= 0.6 is 11.6 Å². The number of para-hydroxylation sites is 2. The number of benzene rings is 3. The quantitative estimate of drug-likeness (QED) is 0.214. The lowest BCUT2D eigenvalue weighted by Crippen LogP contribution is -2.56. The van der Waals surface area contributed by atoms with Crippen LogP contribution in [0.4, 0.5) is 11.4 Å². The summed E-state index contributed by atoms with van der Waals surface area (Å²) in [5.74, 6) is 6.34. The zero-order valence-electron chi connectivity index (χ0n) is 24.0. The van der Waals surface area contributed by atoms with Crippen LogP contribution in [0.15, 0.2) is 85.1 Å². The number of amides is 2. The molecule has 1 unspecified atom stereocenters. The number of fused-ring (bicyclic) bond motifs is 1. The van der Waals surface area contributed by atoms with Crippen LogP contribution in [-0.2, 0) is 11.2 Å². The fraction of sp³-hybridized carbons (Fsp3) is 0.303. The van der Waals surface area contributed by atoms with Gasteiger partial charge in [0, 0.05) is 55.8 Å². The van der Waals surface area contributed by atoms with E-state index in [0.717, 1.165) is 34.3 Å². The number of carbonyl (C=O) groups is 2. The van der Waals surface area contributed by atoms with Crippen LogP contribution in [0.1, 0.15) is 29.9 Å². The molecule has 1 fully saturated rings. The van der Waals surface area contributed by atoms with E-state index in [2.05, 4.69) is 35.1 Å². The molecule has 2 heterocycles. The number of pyridine rings is 1. The first-order valence-electron chi connectivity index (χ1n) is 14.3. The monoisotopic (exact) mass is 584 g/mol. The first kappa shape index (κ1) is 29.4. The van der Waals surface area contributed by atoms with Crippen molar-refractivity contribution in [2.45, 2.75) is 26.3 Å². The molecule has 1 aliphatic heterocycles. The maximum atomic E-state index is 13.9. The third kappa shape index (κ3) is 7.01. The summed E-state index contributed by atoms with van der Waals surface area (Å²) in [6.07, 6.45) is 2.02. The third-order valence-corrected chi connectivity index (χ3v) is 7.76. The van der Waals surface area contributed by atoms with Gasteiger partial charge in [0.15, 0.2) is 0 Å². The highest BCUT2D eigenvalue weighted by Crippen LogP contribution is 2.29. The molecule has 2 amide bonds. The molecular weight excluding hydrogens is 548 g/mol. The van der Waals surface area contributed by atoms with E-state index in [1.54, 1.807) is 29.4 Å². The van der Waals surface area contributed by atoms with Crippen LogP contribution in [-0.4, -0.2) is 60.5 Å². The van der Waals surface area contributed by atoms with Gasteiger partial charge in [0.25, 0.3) is 5.91 Å². The summed E-state index contributed by atoms with van der Waals surface area (Å²) in [7, 11) is 0. The van der Waals surface area contributed by atoms with Gasteiger partial charge in [-0.1, -0.05) is 74.0 Å². The maximum absolute atomic E-state index is 13.9. The summed E-state index contributed by atoms with van der Waals surface area (Å²) in [4.78, 5) is 35.7. The Morgan fingerprint density at radius 1 is 0.952 bits per heavy atom. The molecule has 9 heteroatoms. The van der Waals surface area contributed by atoms with Crippen molar-refractivity contribution >= 4 is 45.6 Å². The molecule has 3 N–H and O–H groups in total. The molecule has 5 rings (SSSR count). The Bertz CT molecular complexity index is 1540. The van der Waals surface area contributed by atoms with Crippen molar-refractivity contribution in [3.05, 3.63) is 101 Å². The van der Waals surface area contributed by atoms with Gasteiger partial charge in [0.2, 0.25) is 5.91 Å². The Kier molecular flexibility index (Phi) is 9.25. The van der Waals surface area contributed by atoms with E-state index in [4.69, 9.17) is 17.4 Å². The molecule has 4 aromatic rings. The van der Waals surface area contributed by atoms with Crippen molar-refractivity contribution in [2.24, 2.45) is 11.8 Å². The maximum Gasteiger partial charge on any atom is 0.270 e. The largest absolute Gasteiger partial charge is 0.366 e. The Hall–Kier alpha value is -4.14. The van der Waals surface area contributed by atoms with Gasteiger partial charge in [0.05, 0.1) is 11.4 Å². The molecular formula is C33H37ClN6O2. The Labute approximate surface area is 252 Å². The van der Waals surface area contributed by atoms with Crippen LogP contribution in [0.5, 0.6) is 0 Å². The fourth-order valence-electron chi connectivity index (χ4n) is 5.35. The number of nitrogens with zero attached hydrogens (tertiary/aromatic N) is 4. The van der Waals surface area contributed by atoms with Gasteiger partial charge in [-0.15, -0.1) is 0 Å². The molecule has 0 spiro atoms. The Morgan fingerprint density at radius 3 is 2.33 bits per heavy atom. The van der Waals surface area contributed by atoms with Crippen molar-refractivity contribution in [1.82, 2.24) is 15.2 Å². The average Bonchev–Trinajstić information content (AvgIpc) is 3.01. The number of nitrogens with one attached hydrogen (secondary N) is 1. The number of nitrogens with two attached hydrogens (primary N) is 1.